The fourth-order valence-corrected chi connectivity index (χ4v) is 4.70. The lowest BCUT2D eigenvalue weighted by atomic mass is 9.92. The highest BCUT2D eigenvalue weighted by Gasteiger charge is 2.25. The van der Waals surface area contributed by atoms with E-state index in [2.05, 4.69) is 31.5 Å². The number of aromatic hydroxyl groups is 1. The molecule has 0 unspecified atom stereocenters. The molecule has 0 radical (unpaired) electrons. The van der Waals surface area contributed by atoms with E-state index < -0.39 is 5.82 Å². The van der Waals surface area contributed by atoms with E-state index in [1.54, 1.807) is 18.4 Å². The average Bonchev–Trinajstić information content (AvgIpc) is 3.58. The molecule has 5 aromatic rings. The number of benzene rings is 2. The molecule has 3 aromatic heterocycles. The first-order valence-electron chi connectivity index (χ1n) is 11.5. The Labute approximate surface area is 205 Å². The number of rotatable bonds is 4. The Balaban J connectivity index is 1.60. The smallest absolute Gasteiger partial charge is 0.157 e. The molecule has 9 heteroatoms. The molecule has 0 atom stereocenters. The van der Waals surface area contributed by atoms with Crippen LogP contribution in [0, 0.1) is 17.1 Å². The fraction of sp³-hybridized carbons (Fsp3) is 0.148. The second kappa shape index (κ2) is 8.83. The molecular weight excluding hydrogens is 459 g/mol. The lowest BCUT2D eigenvalue weighted by molar-refractivity contribution is 0.469. The predicted octanol–water partition coefficient (Wildman–Crippen LogP) is 4.68. The molecule has 0 spiro atoms. The Morgan fingerprint density at radius 1 is 1.06 bits per heavy atom. The van der Waals surface area contributed by atoms with Crippen LogP contribution in [0.15, 0.2) is 65.3 Å². The number of nitrogens with one attached hydrogen (secondary N) is 2. The summed E-state index contributed by atoms with van der Waals surface area (Å²) in [5.41, 5.74) is 3.83. The lowest BCUT2D eigenvalue weighted by Crippen LogP contribution is -2.43. The number of hydrogen-bond acceptors (Lipinski definition) is 7. The van der Waals surface area contributed by atoms with Gasteiger partial charge in [-0.15, -0.1) is 0 Å². The van der Waals surface area contributed by atoms with Crippen molar-refractivity contribution < 1.29 is 13.9 Å². The normalized spacial score (nSPS) is 13.7. The standard InChI is InChI=1S/C27H21FN6O2/c28-21-14-18(35)7-8-19(21)25-20(15-29)23(16-3-5-17(6-4-16)34-11-9-30-10-12-34)24-26(22-2-1-13-36-22)32-33-27(24)31-25/h1-8,13-14,30,35H,9-12H2,(H,31,32,33). The van der Waals surface area contributed by atoms with Gasteiger partial charge in [0, 0.05) is 49.1 Å². The minimum absolute atomic E-state index is 0.110. The zero-order valence-electron chi connectivity index (χ0n) is 19.1. The number of anilines is 1. The highest BCUT2D eigenvalue weighted by molar-refractivity contribution is 6.06. The number of fused-ring (bicyclic) bond motifs is 1. The molecule has 1 aliphatic rings. The molecule has 4 heterocycles. The first-order chi connectivity index (χ1) is 17.6. The largest absolute Gasteiger partial charge is 0.508 e. The number of nitriles is 1. The maximum atomic E-state index is 14.9. The number of pyridine rings is 1. The monoisotopic (exact) mass is 480 g/mol. The third kappa shape index (κ3) is 3.65. The number of furan rings is 1. The van der Waals surface area contributed by atoms with Gasteiger partial charge in [0.2, 0.25) is 0 Å². The number of H-pyrrole nitrogens is 1. The highest BCUT2D eigenvalue weighted by Crippen LogP contribution is 2.41. The minimum atomic E-state index is -0.677. The van der Waals surface area contributed by atoms with Gasteiger partial charge >= 0.3 is 0 Å². The molecule has 0 amide bonds. The Kier molecular flexibility index (Phi) is 5.36. The number of phenols is 1. The van der Waals surface area contributed by atoms with Crippen LogP contribution in [0.1, 0.15) is 5.56 Å². The van der Waals surface area contributed by atoms with Crippen LogP contribution in [0.25, 0.3) is 44.9 Å². The average molecular weight is 481 g/mol. The number of phenolic OH excluding ortho intramolecular Hbond substituents is 1. The van der Waals surface area contributed by atoms with Crippen molar-refractivity contribution in [2.45, 2.75) is 0 Å². The van der Waals surface area contributed by atoms with E-state index >= 15 is 0 Å². The molecule has 1 aliphatic heterocycles. The second-order valence-electron chi connectivity index (χ2n) is 8.54. The maximum Gasteiger partial charge on any atom is 0.157 e. The van der Waals surface area contributed by atoms with Crippen LogP contribution in [0.4, 0.5) is 10.1 Å². The van der Waals surface area contributed by atoms with Crippen LogP contribution < -0.4 is 10.2 Å². The van der Waals surface area contributed by atoms with Crippen LogP contribution in [0.5, 0.6) is 5.75 Å². The summed E-state index contributed by atoms with van der Waals surface area (Å²) in [6.07, 6.45) is 1.55. The first kappa shape index (κ1) is 21.8. The summed E-state index contributed by atoms with van der Waals surface area (Å²) in [5.74, 6) is -0.362. The van der Waals surface area contributed by atoms with E-state index in [-0.39, 0.29) is 22.6 Å². The van der Waals surface area contributed by atoms with E-state index in [0.717, 1.165) is 43.5 Å². The van der Waals surface area contributed by atoms with E-state index in [4.69, 9.17) is 4.42 Å². The van der Waals surface area contributed by atoms with Crippen molar-refractivity contribution in [3.63, 3.8) is 0 Å². The minimum Gasteiger partial charge on any atom is -0.508 e. The lowest BCUT2D eigenvalue weighted by Gasteiger charge is -2.29. The van der Waals surface area contributed by atoms with Gasteiger partial charge in [0.05, 0.1) is 22.9 Å². The van der Waals surface area contributed by atoms with Gasteiger partial charge in [0.25, 0.3) is 0 Å². The first-order valence-corrected chi connectivity index (χ1v) is 11.5. The highest BCUT2D eigenvalue weighted by atomic mass is 19.1. The number of hydrogen-bond donors (Lipinski definition) is 3. The van der Waals surface area contributed by atoms with Crippen molar-refractivity contribution in [3.8, 4) is 45.7 Å². The number of piperazine rings is 1. The molecule has 0 saturated carbocycles. The molecule has 0 bridgehead atoms. The van der Waals surface area contributed by atoms with Crippen LogP contribution >= 0.6 is 0 Å². The molecule has 1 saturated heterocycles. The summed E-state index contributed by atoms with van der Waals surface area (Å²) in [7, 11) is 0. The fourth-order valence-electron chi connectivity index (χ4n) is 4.70. The Hall–Kier alpha value is -4.68. The SMILES string of the molecule is N#Cc1c(-c2ccc(O)cc2F)nc2[nH]nc(-c3ccco3)c2c1-c1ccc(N2CCNCC2)cc1. The van der Waals surface area contributed by atoms with Gasteiger partial charge in [0.1, 0.15) is 23.3 Å². The van der Waals surface area contributed by atoms with Crippen molar-refractivity contribution in [3.05, 3.63) is 72.2 Å². The Morgan fingerprint density at radius 2 is 1.86 bits per heavy atom. The van der Waals surface area contributed by atoms with Crippen molar-refractivity contribution in [2.24, 2.45) is 0 Å². The van der Waals surface area contributed by atoms with E-state index in [1.165, 1.54) is 12.1 Å². The number of aromatic amines is 1. The van der Waals surface area contributed by atoms with Crippen molar-refractivity contribution in [1.82, 2.24) is 20.5 Å². The topological polar surface area (TPSA) is 114 Å². The summed E-state index contributed by atoms with van der Waals surface area (Å²) >= 11 is 0. The quantitative estimate of drug-likeness (QED) is 0.342. The molecular formula is C27H21FN6O2. The summed E-state index contributed by atoms with van der Waals surface area (Å²) in [4.78, 5) is 6.90. The van der Waals surface area contributed by atoms with E-state index in [1.807, 2.05) is 24.3 Å². The maximum absolute atomic E-state index is 14.9. The Morgan fingerprint density at radius 3 is 2.56 bits per heavy atom. The van der Waals surface area contributed by atoms with E-state index in [0.29, 0.717) is 28.1 Å². The van der Waals surface area contributed by atoms with Crippen LogP contribution in [0.2, 0.25) is 0 Å². The number of nitrogens with zero attached hydrogens (tertiary/aromatic N) is 4. The molecule has 6 rings (SSSR count). The van der Waals surface area contributed by atoms with Gasteiger partial charge < -0.3 is 19.7 Å². The van der Waals surface area contributed by atoms with Gasteiger partial charge in [-0.05, 0) is 42.0 Å². The molecule has 0 aliphatic carbocycles. The van der Waals surface area contributed by atoms with Crippen LogP contribution in [-0.2, 0) is 0 Å². The van der Waals surface area contributed by atoms with Crippen molar-refractivity contribution in [2.75, 3.05) is 31.1 Å². The Bertz CT molecular complexity index is 1600. The van der Waals surface area contributed by atoms with Gasteiger partial charge in [0.15, 0.2) is 11.4 Å². The molecule has 36 heavy (non-hydrogen) atoms. The van der Waals surface area contributed by atoms with Gasteiger partial charge in [-0.25, -0.2) is 9.37 Å². The zero-order chi connectivity index (χ0) is 24.6. The summed E-state index contributed by atoms with van der Waals surface area (Å²) in [6.45, 7) is 3.68. The molecule has 1 fully saturated rings. The van der Waals surface area contributed by atoms with E-state index in [9.17, 15) is 14.8 Å². The van der Waals surface area contributed by atoms with Crippen LogP contribution in [-0.4, -0.2) is 46.5 Å². The van der Waals surface area contributed by atoms with Crippen molar-refractivity contribution in [1.29, 1.82) is 5.26 Å². The summed E-state index contributed by atoms with van der Waals surface area (Å²) in [6, 6.07) is 17.6. The molecule has 3 N–H and O–H groups in total. The van der Waals surface area contributed by atoms with Crippen LogP contribution in [0.3, 0.4) is 0 Å². The number of halogens is 1. The van der Waals surface area contributed by atoms with Gasteiger partial charge in [-0.2, -0.15) is 10.4 Å². The molecule has 178 valence electrons. The second-order valence-corrected chi connectivity index (χ2v) is 8.54. The predicted molar refractivity (Wildman–Crippen MR) is 134 cm³/mol. The van der Waals surface area contributed by atoms with Gasteiger partial charge in [-0.1, -0.05) is 12.1 Å². The third-order valence-corrected chi connectivity index (χ3v) is 6.42. The molecule has 8 nitrogen and oxygen atoms in total. The summed E-state index contributed by atoms with van der Waals surface area (Å²) in [5, 5.41) is 31.3. The number of aromatic nitrogens is 3. The molecule has 2 aromatic carbocycles. The summed E-state index contributed by atoms with van der Waals surface area (Å²) < 4.78 is 20.5. The van der Waals surface area contributed by atoms with Crippen molar-refractivity contribution >= 4 is 16.7 Å². The zero-order valence-corrected chi connectivity index (χ0v) is 19.1. The third-order valence-electron chi connectivity index (χ3n) is 6.42. The van der Waals surface area contributed by atoms with Gasteiger partial charge in [-0.3, -0.25) is 5.10 Å².